The molecule has 26 heavy (non-hydrogen) atoms. The van der Waals surface area contributed by atoms with E-state index in [1.165, 1.54) is 19.2 Å². The summed E-state index contributed by atoms with van der Waals surface area (Å²) in [6, 6.07) is 4.51. The zero-order valence-electron chi connectivity index (χ0n) is 15.5. The molecule has 1 aliphatic rings. The van der Waals surface area contributed by atoms with E-state index < -0.39 is 0 Å². The molecule has 0 saturated carbocycles. The molecule has 0 amide bonds. The summed E-state index contributed by atoms with van der Waals surface area (Å²) in [4.78, 5) is 18.2. The van der Waals surface area contributed by atoms with Crippen molar-refractivity contribution >= 4 is 22.9 Å². The lowest BCUT2D eigenvalue weighted by atomic mass is 9.99. The number of halogens is 1. The number of hydrogen-bond acceptors (Lipinski definition) is 4. The molecule has 2 atom stereocenters. The molecule has 1 aliphatic heterocycles. The molecule has 2 heterocycles. The van der Waals surface area contributed by atoms with Crippen LogP contribution in [0.5, 0.6) is 0 Å². The van der Waals surface area contributed by atoms with E-state index in [0.29, 0.717) is 24.6 Å². The Morgan fingerprint density at radius 2 is 2.23 bits per heavy atom. The Balaban J connectivity index is 1.70. The Labute approximate surface area is 152 Å². The van der Waals surface area contributed by atoms with Gasteiger partial charge in [-0.15, -0.1) is 0 Å². The van der Waals surface area contributed by atoms with E-state index in [9.17, 15) is 9.18 Å². The molecule has 3 rings (SSSR count). The average molecular weight is 361 g/mol. The van der Waals surface area contributed by atoms with E-state index in [-0.39, 0.29) is 23.6 Å². The smallest absolute Gasteiger partial charge is 0.310 e. The van der Waals surface area contributed by atoms with Gasteiger partial charge in [-0.2, -0.15) is 0 Å². The topological polar surface area (TPSA) is 67.1 Å². The van der Waals surface area contributed by atoms with Crippen molar-refractivity contribution in [1.82, 2.24) is 10.2 Å². The van der Waals surface area contributed by atoms with Gasteiger partial charge in [-0.1, -0.05) is 6.92 Å². The van der Waals surface area contributed by atoms with Crippen LogP contribution in [0.25, 0.3) is 11.0 Å². The van der Waals surface area contributed by atoms with Gasteiger partial charge in [0.05, 0.1) is 19.6 Å². The number of fused-ring (bicyclic) bond motifs is 1. The molecule has 1 saturated heterocycles. The van der Waals surface area contributed by atoms with Crippen molar-refractivity contribution in [3.63, 3.8) is 0 Å². The molecule has 1 fully saturated rings. The summed E-state index contributed by atoms with van der Waals surface area (Å²) in [6.07, 6.45) is 0. The van der Waals surface area contributed by atoms with Crippen molar-refractivity contribution in [1.29, 1.82) is 0 Å². The fraction of sp³-hybridized carbons (Fsp3) is 0.474. The zero-order chi connectivity index (χ0) is 18.8. The first-order valence-electron chi connectivity index (χ1n) is 8.65. The largest absolute Gasteiger partial charge is 0.469 e. The molecule has 1 N–H and O–H groups in total. The lowest BCUT2D eigenvalue weighted by molar-refractivity contribution is -0.145. The van der Waals surface area contributed by atoms with Crippen LogP contribution in [-0.2, 0) is 16.1 Å². The highest BCUT2D eigenvalue weighted by Gasteiger charge is 2.36. The Morgan fingerprint density at radius 3 is 2.92 bits per heavy atom. The Hall–Kier alpha value is -2.57. The molecule has 1 aromatic heterocycles. The van der Waals surface area contributed by atoms with Crippen molar-refractivity contribution < 1.29 is 18.3 Å². The summed E-state index contributed by atoms with van der Waals surface area (Å²) in [5.41, 5.74) is 1.57. The summed E-state index contributed by atoms with van der Waals surface area (Å²) >= 11 is 0. The third-order valence-corrected chi connectivity index (χ3v) is 5.03. The second-order valence-corrected chi connectivity index (χ2v) is 6.70. The minimum Gasteiger partial charge on any atom is -0.469 e. The van der Waals surface area contributed by atoms with Crippen LogP contribution < -0.4 is 5.32 Å². The van der Waals surface area contributed by atoms with Crippen LogP contribution in [0.2, 0.25) is 0 Å². The molecule has 140 valence electrons. The number of nitrogens with one attached hydrogen (secondary N) is 1. The van der Waals surface area contributed by atoms with Crippen molar-refractivity contribution in [2.75, 3.05) is 27.2 Å². The molecule has 1 aromatic carbocycles. The first-order chi connectivity index (χ1) is 12.4. The number of esters is 1. The normalized spacial score (nSPS) is 20.7. The number of carbonyl (C=O) groups is 1. The maximum Gasteiger partial charge on any atom is 0.310 e. The van der Waals surface area contributed by atoms with Gasteiger partial charge in [0.25, 0.3) is 0 Å². The van der Waals surface area contributed by atoms with E-state index in [4.69, 9.17) is 9.15 Å². The predicted octanol–water partition coefficient (Wildman–Crippen LogP) is 2.70. The lowest BCUT2D eigenvalue weighted by Gasteiger charge is -2.21. The number of furan rings is 1. The number of benzene rings is 1. The van der Waals surface area contributed by atoms with Crippen LogP contribution >= 0.6 is 0 Å². The molecule has 0 spiro atoms. The number of nitrogens with zero attached hydrogens (tertiary/aromatic N) is 2. The van der Waals surface area contributed by atoms with Crippen LogP contribution in [0.1, 0.15) is 18.2 Å². The molecule has 0 bridgehead atoms. The summed E-state index contributed by atoms with van der Waals surface area (Å²) in [7, 11) is 3.12. The van der Waals surface area contributed by atoms with E-state index in [0.717, 1.165) is 23.3 Å². The number of aryl methyl sites for hydroxylation is 1. The number of guanidine groups is 1. The van der Waals surface area contributed by atoms with Crippen molar-refractivity contribution in [3.05, 3.63) is 35.3 Å². The van der Waals surface area contributed by atoms with Crippen LogP contribution in [0.4, 0.5) is 4.39 Å². The van der Waals surface area contributed by atoms with Crippen LogP contribution in [0.3, 0.4) is 0 Å². The first kappa shape index (κ1) is 18.2. The van der Waals surface area contributed by atoms with E-state index in [1.807, 2.05) is 18.7 Å². The van der Waals surface area contributed by atoms with Gasteiger partial charge in [-0.05, 0) is 31.0 Å². The first-order valence-corrected chi connectivity index (χ1v) is 8.65. The summed E-state index contributed by atoms with van der Waals surface area (Å²) in [6.45, 7) is 5.67. The molecular weight excluding hydrogens is 337 g/mol. The number of aliphatic imine (C=N–C) groups is 1. The van der Waals surface area contributed by atoms with E-state index in [2.05, 4.69) is 10.3 Å². The fourth-order valence-electron chi connectivity index (χ4n) is 3.50. The highest BCUT2D eigenvalue weighted by atomic mass is 19.1. The molecule has 2 unspecified atom stereocenters. The van der Waals surface area contributed by atoms with Gasteiger partial charge < -0.3 is 19.4 Å². The Kier molecular flexibility index (Phi) is 5.15. The Morgan fingerprint density at radius 1 is 1.46 bits per heavy atom. The van der Waals surface area contributed by atoms with Crippen LogP contribution in [0, 0.1) is 24.6 Å². The van der Waals surface area contributed by atoms with Gasteiger partial charge in [-0.25, -0.2) is 4.39 Å². The second kappa shape index (κ2) is 7.35. The highest BCUT2D eigenvalue weighted by molar-refractivity contribution is 5.84. The maximum absolute atomic E-state index is 13.4. The van der Waals surface area contributed by atoms with E-state index >= 15 is 0 Å². The third kappa shape index (κ3) is 3.38. The number of carbonyl (C=O) groups excluding carboxylic acids is 1. The molecule has 0 aliphatic carbocycles. The minimum atomic E-state index is -0.281. The third-order valence-electron chi connectivity index (χ3n) is 5.03. The SMILES string of the molecule is CN=C(NCc1oc2ccc(F)cc2c1C)N1CC(C)C(C(=O)OC)C1. The second-order valence-electron chi connectivity index (χ2n) is 6.70. The molecule has 0 radical (unpaired) electrons. The number of rotatable bonds is 3. The molecule has 2 aromatic rings. The standard InChI is InChI=1S/C19H24FN3O3/c1-11-9-23(10-15(11)18(24)25-4)19(21-3)22-8-17-12(2)14-7-13(20)5-6-16(14)26-17/h5-7,11,15H,8-10H2,1-4H3,(H,21,22). The van der Waals surface area contributed by atoms with Gasteiger partial charge in [0.15, 0.2) is 5.96 Å². The number of ether oxygens (including phenoxy) is 1. The number of hydrogen-bond donors (Lipinski definition) is 1. The number of likely N-dealkylation sites (tertiary alicyclic amines) is 1. The maximum atomic E-state index is 13.4. The minimum absolute atomic E-state index is 0.158. The van der Waals surface area contributed by atoms with Crippen LogP contribution in [-0.4, -0.2) is 44.1 Å². The van der Waals surface area contributed by atoms with E-state index in [1.54, 1.807) is 13.1 Å². The van der Waals surface area contributed by atoms with Crippen molar-refractivity contribution in [3.8, 4) is 0 Å². The fourth-order valence-corrected chi connectivity index (χ4v) is 3.50. The van der Waals surface area contributed by atoms with Gasteiger partial charge in [-0.3, -0.25) is 9.79 Å². The highest BCUT2D eigenvalue weighted by Crippen LogP contribution is 2.27. The van der Waals surface area contributed by atoms with Gasteiger partial charge in [0.2, 0.25) is 0 Å². The number of methoxy groups -OCH3 is 1. The summed E-state index contributed by atoms with van der Waals surface area (Å²) in [5.74, 6) is 1.01. The van der Waals surface area contributed by atoms with Crippen molar-refractivity contribution in [2.45, 2.75) is 20.4 Å². The van der Waals surface area contributed by atoms with Gasteiger partial charge in [0, 0.05) is 31.1 Å². The monoisotopic (exact) mass is 361 g/mol. The molecular formula is C19H24FN3O3. The van der Waals surface area contributed by atoms with Crippen molar-refractivity contribution in [2.24, 2.45) is 16.8 Å². The summed E-state index contributed by atoms with van der Waals surface area (Å²) in [5, 5.41) is 4.05. The predicted molar refractivity (Wildman–Crippen MR) is 97.4 cm³/mol. The zero-order valence-corrected chi connectivity index (χ0v) is 15.5. The average Bonchev–Trinajstić information content (AvgIpc) is 3.16. The summed E-state index contributed by atoms with van der Waals surface area (Å²) < 4.78 is 24.2. The molecule has 6 nitrogen and oxygen atoms in total. The molecule has 7 heteroatoms. The van der Waals surface area contributed by atoms with Gasteiger partial charge >= 0.3 is 5.97 Å². The quantitative estimate of drug-likeness (QED) is 0.517. The Bertz CT molecular complexity index is 846. The van der Waals surface area contributed by atoms with Gasteiger partial charge in [0.1, 0.15) is 17.2 Å². The van der Waals surface area contributed by atoms with Crippen LogP contribution in [0.15, 0.2) is 27.6 Å². The lowest BCUT2D eigenvalue weighted by Crippen LogP contribution is -2.40.